The molecule has 3 rings (SSSR count). The third kappa shape index (κ3) is 2.02. The van der Waals surface area contributed by atoms with Gasteiger partial charge in [0.25, 0.3) is 0 Å². The molecule has 102 valence electrons. The van der Waals surface area contributed by atoms with Gasteiger partial charge in [0.1, 0.15) is 5.69 Å². The highest BCUT2D eigenvalue weighted by molar-refractivity contribution is 6.34. The molecule has 2 heterocycles. The minimum atomic E-state index is 0.594. The summed E-state index contributed by atoms with van der Waals surface area (Å²) >= 11 is 6.14. The molecule has 0 saturated carbocycles. The predicted molar refractivity (Wildman–Crippen MR) is 81.3 cm³/mol. The summed E-state index contributed by atoms with van der Waals surface area (Å²) in [5.41, 5.74) is 3.15. The van der Waals surface area contributed by atoms with E-state index in [4.69, 9.17) is 16.0 Å². The van der Waals surface area contributed by atoms with Gasteiger partial charge in [0, 0.05) is 12.4 Å². The van der Waals surface area contributed by atoms with Crippen LogP contribution in [0.2, 0.25) is 5.02 Å². The van der Waals surface area contributed by atoms with Crippen molar-refractivity contribution in [1.82, 2.24) is 9.97 Å². The molecule has 20 heavy (non-hydrogen) atoms. The van der Waals surface area contributed by atoms with Gasteiger partial charge in [-0.2, -0.15) is 0 Å². The number of aryl methyl sites for hydroxylation is 2. The first-order valence-electron chi connectivity index (χ1n) is 6.31. The molecule has 0 bridgehead atoms. The molecular weight excluding hydrogens is 274 g/mol. The van der Waals surface area contributed by atoms with Crippen molar-refractivity contribution in [3.8, 4) is 11.5 Å². The van der Waals surface area contributed by atoms with E-state index in [-0.39, 0.29) is 0 Å². The van der Waals surface area contributed by atoms with Crippen LogP contribution in [0, 0.1) is 13.8 Å². The number of halogens is 1. The zero-order valence-electron chi connectivity index (χ0n) is 11.5. The molecule has 2 aromatic heterocycles. The van der Waals surface area contributed by atoms with Gasteiger partial charge in [0.2, 0.25) is 0 Å². The molecule has 0 spiro atoms. The maximum Gasteiger partial charge on any atom is 0.157 e. The van der Waals surface area contributed by atoms with E-state index in [1.165, 1.54) is 0 Å². The van der Waals surface area contributed by atoms with Gasteiger partial charge in [-0.25, -0.2) is 9.97 Å². The maximum atomic E-state index is 6.14. The van der Waals surface area contributed by atoms with Crippen LogP contribution in [0.5, 0.6) is 0 Å². The number of furan rings is 1. The average molecular weight is 288 g/mol. The van der Waals surface area contributed by atoms with Crippen molar-refractivity contribution >= 4 is 28.4 Å². The van der Waals surface area contributed by atoms with Crippen LogP contribution in [0.15, 0.2) is 28.7 Å². The van der Waals surface area contributed by atoms with Gasteiger partial charge in [0.15, 0.2) is 17.2 Å². The van der Waals surface area contributed by atoms with E-state index in [9.17, 15) is 0 Å². The normalized spacial score (nSPS) is 11.0. The van der Waals surface area contributed by atoms with Crippen LogP contribution in [0.4, 0.5) is 5.82 Å². The van der Waals surface area contributed by atoms with Gasteiger partial charge in [0.05, 0.1) is 16.4 Å². The molecule has 4 nitrogen and oxygen atoms in total. The Kier molecular flexibility index (Phi) is 3.10. The van der Waals surface area contributed by atoms with Crippen molar-refractivity contribution in [3.63, 3.8) is 0 Å². The van der Waals surface area contributed by atoms with E-state index in [1.54, 1.807) is 0 Å². The van der Waals surface area contributed by atoms with Gasteiger partial charge in [-0.3, -0.25) is 0 Å². The van der Waals surface area contributed by atoms with E-state index in [1.807, 2.05) is 45.2 Å². The van der Waals surface area contributed by atoms with E-state index in [2.05, 4.69) is 15.3 Å². The number of hydrogen-bond donors (Lipinski definition) is 1. The van der Waals surface area contributed by atoms with Crippen LogP contribution in [0.1, 0.15) is 11.4 Å². The molecular formula is C15H14ClN3O. The molecule has 5 heteroatoms. The number of aromatic nitrogens is 2. The lowest BCUT2D eigenvalue weighted by Crippen LogP contribution is -2.02. The van der Waals surface area contributed by atoms with Crippen molar-refractivity contribution in [3.05, 3.63) is 40.7 Å². The van der Waals surface area contributed by atoms with Crippen molar-refractivity contribution in [2.45, 2.75) is 13.8 Å². The number of rotatable bonds is 2. The first-order chi connectivity index (χ1) is 9.60. The number of nitrogens with zero attached hydrogens (tertiary/aromatic N) is 2. The second-order valence-electron chi connectivity index (χ2n) is 4.61. The average Bonchev–Trinajstić information content (AvgIpc) is 2.86. The Morgan fingerprint density at radius 1 is 1.15 bits per heavy atom. The molecule has 0 amide bonds. The van der Waals surface area contributed by atoms with E-state index >= 15 is 0 Å². The second-order valence-corrected chi connectivity index (χ2v) is 5.02. The van der Waals surface area contributed by atoms with Crippen LogP contribution in [-0.4, -0.2) is 17.0 Å². The Morgan fingerprint density at radius 2 is 1.90 bits per heavy atom. The Morgan fingerprint density at radius 3 is 2.60 bits per heavy atom. The number of nitrogens with one attached hydrogen (secondary N) is 1. The Bertz CT molecular complexity index is 795. The minimum absolute atomic E-state index is 0.594. The summed E-state index contributed by atoms with van der Waals surface area (Å²) < 4.78 is 5.85. The second kappa shape index (κ2) is 4.80. The molecule has 1 N–H and O–H groups in total. The first kappa shape index (κ1) is 12.9. The molecule has 0 unspecified atom stereocenters. The van der Waals surface area contributed by atoms with Crippen LogP contribution < -0.4 is 5.32 Å². The summed E-state index contributed by atoms with van der Waals surface area (Å²) in [6.07, 6.45) is 0. The number of benzene rings is 1. The Hall–Kier alpha value is -2.07. The van der Waals surface area contributed by atoms with Gasteiger partial charge in [-0.05, 0) is 26.0 Å². The third-order valence-electron chi connectivity index (χ3n) is 3.27. The summed E-state index contributed by atoms with van der Waals surface area (Å²) in [6, 6.07) is 7.60. The SMILES string of the molecule is CNc1nc(C)c(C)nc1-c1cc2cccc(Cl)c2o1. The molecule has 0 aliphatic heterocycles. The Labute approximate surface area is 121 Å². The van der Waals surface area contributed by atoms with Crippen molar-refractivity contribution in [2.24, 2.45) is 0 Å². The molecule has 1 aromatic carbocycles. The summed E-state index contributed by atoms with van der Waals surface area (Å²) in [7, 11) is 1.82. The van der Waals surface area contributed by atoms with Crippen LogP contribution in [0.25, 0.3) is 22.4 Å². The van der Waals surface area contributed by atoms with Crippen LogP contribution >= 0.6 is 11.6 Å². The predicted octanol–water partition coefficient (Wildman–Crippen LogP) is 4.20. The molecule has 0 aliphatic rings. The summed E-state index contributed by atoms with van der Waals surface area (Å²) in [5, 5.41) is 4.60. The third-order valence-corrected chi connectivity index (χ3v) is 3.57. The number of hydrogen-bond acceptors (Lipinski definition) is 4. The quantitative estimate of drug-likeness (QED) is 0.767. The highest BCUT2D eigenvalue weighted by atomic mass is 35.5. The van der Waals surface area contributed by atoms with E-state index in [0.717, 1.165) is 16.8 Å². The molecule has 0 atom stereocenters. The van der Waals surface area contributed by atoms with Gasteiger partial charge in [-0.15, -0.1) is 0 Å². The lowest BCUT2D eigenvalue weighted by molar-refractivity contribution is 0.628. The fraction of sp³-hybridized carbons (Fsp3) is 0.200. The van der Waals surface area contributed by atoms with Gasteiger partial charge < -0.3 is 9.73 Å². The van der Waals surface area contributed by atoms with Gasteiger partial charge >= 0.3 is 0 Å². The fourth-order valence-corrected chi connectivity index (χ4v) is 2.31. The van der Waals surface area contributed by atoms with Gasteiger partial charge in [-0.1, -0.05) is 23.7 Å². The summed E-state index contributed by atoms with van der Waals surface area (Å²) in [5.74, 6) is 1.36. The summed E-state index contributed by atoms with van der Waals surface area (Å²) in [4.78, 5) is 9.07. The van der Waals surface area contributed by atoms with E-state index in [0.29, 0.717) is 27.9 Å². The molecule has 0 aliphatic carbocycles. The number of anilines is 1. The van der Waals surface area contributed by atoms with E-state index < -0.39 is 0 Å². The fourth-order valence-electron chi connectivity index (χ4n) is 2.09. The minimum Gasteiger partial charge on any atom is -0.453 e. The zero-order chi connectivity index (χ0) is 14.3. The molecule has 0 radical (unpaired) electrons. The standard InChI is InChI=1S/C15H14ClN3O/c1-8-9(2)19-15(17-3)13(18-8)12-7-10-5-4-6-11(16)14(10)20-12/h4-7H,1-3H3,(H,17,19). The molecule has 3 aromatic rings. The maximum absolute atomic E-state index is 6.14. The smallest absolute Gasteiger partial charge is 0.157 e. The zero-order valence-corrected chi connectivity index (χ0v) is 12.2. The molecule has 0 fully saturated rings. The lowest BCUT2D eigenvalue weighted by atomic mass is 10.2. The number of fused-ring (bicyclic) bond motifs is 1. The number of para-hydroxylation sites is 1. The largest absolute Gasteiger partial charge is 0.453 e. The first-order valence-corrected chi connectivity index (χ1v) is 6.69. The highest BCUT2D eigenvalue weighted by Crippen LogP contribution is 2.33. The van der Waals surface area contributed by atoms with Crippen molar-refractivity contribution in [1.29, 1.82) is 0 Å². The molecule has 0 saturated heterocycles. The topological polar surface area (TPSA) is 51.0 Å². The summed E-state index contributed by atoms with van der Waals surface area (Å²) in [6.45, 7) is 3.86. The Balaban J connectivity index is 2.25. The van der Waals surface area contributed by atoms with Crippen LogP contribution in [0.3, 0.4) is 0 Å². The van der Waals surface area contributed by atoms with Crippen LogP contribution in [-0.2, 0) is 0 Å². The van der Waals surface area contributed by atoms with Crippen molar-refractivity contribution in [2.75, 3.05) is 12.4 Å². The van der Waals surface area contributed by atoms with Crippen molar-refractivity contribution < 1.29 is 4.42 Å². The monoisotopic (exact) mass is 287 g/mol. The highest BCUT2D eigenvalue weighted by Gasteiger charge is 2.15. The lowest BCUT2D eigenvalue weighted by Gasteiger charge is -2.08.